The van der Waals surface area contributed by atoms with Gasteiger partial charge in [-0.25, -0.2) is 0 Å². The molecule has 4 heteroatoms. The Morgan fingerprint density at radius 3 is 2.62 bits per heavy atom. The van der Waals surface area contributed by atoms with Gasteiger partial charge in [0, 0.05) is 0 Å². The monoisotopic (exact) mass is 308 g/mol. The number of carbonyl (C=O) groups is 1. The van der Waals surface area contributed by atoms with Crippen molar-refractivity contribution in [2.75, 3.05) is 7.11 Å². The summed E-state index contributed by atoms with van der Waals surface area (Å²) in [6, 6.07) is 9.91. The van der Waals surface area contributed by atoms with Crippen LogP contribution in [0.2, 0.25) is 0 Å². The minimum atomic E-state index is -0.205. The van der Waals surface area contributed by atoms with E-state index in [4.69, 9.17) is 0 Å². The number of esters is 1. The molecule has 0 spiro atoms. The van der Waals surface area contributed by atoms with Gasteiger partial charge in [-0.1, -0.05) is 0 Å². The van der Waals surface area contributed by atoms with Gasteiger partial charge in [-0.3, -0.25) is 0 Å². The average Bonchev–Trinajstić information content (AvgIpc) is 2.18. The zero-order valence-electron chi connectivity index (χ0n) is 7.07. The average molecular weight is 308 g/mol. The molecule has 0 saturated heterocycles. The Balaban J connectivity index is 2.55. The quantitative estimate of drug-likeness (QED) is 0.471. The van der Waals surface area contributed by atoms with Gasteiger partial charge in [0.2, 0.25) is 0 Å². The fraction of sp³-hybridized carbons (Fsp3) is 0.222. The topological polar surface area (TPSA) is 26.3 Å². The van der Waals surface area contributed by atoms with Crippen LogP contribution in [0.3, 0.4) is 0 Å². The predicted molar refractivity (Wildman–Crippen MR) is 56.6 cm³/mol. The molecule has 13 heavy (non-hydrogen) atoms. The van der Waals surface area contributed by atoms with Gasteiger partial charge in [0.1, 0.15) is 0 Å². The summed E-state index contributed by atoms with van der Waals surface area (Å²) in [5.41, 5.74) is 0. The molecule has 0 aliphatic carbocycles. The molecule has 2 nitrogen and oxygen atoms in total. The van der Waals surface area contributed by atoms with Crippen LogP contribution in [-0.4, -0.2) is 31.8 Å². The van der Waals surface area contributed by atoms with Crippen LogP contribution in [0.4, 0.5) is 0 Å². The predicted octanol–water partition coefficient (Wildman–Crippen LogP) is 0.910. The molecule has 0 aromatic heterocycles. The van der Waals surface area contributed by atoms with E-state index in [0.29, 0.717) is 0 Å². The summed E-state index contributed by atoms with van der Waals surface area (Å²) in [7, 11) is 1.40. The second kappa shape index (κ2) is 5.43. The van der Waals surface area contributed by atoms with Crippen LogP contribution in [0.15, 0.2) is 30.3 Å². The van der Waals surface area contributed by atoms with Gasteiger partial charge in [-0.2, -0.15) is 0 Å². The molecule has 0 radical (unpaired) electrons. The van der Waals surface area contributed by atoms with Crippen molar-refractivity contribution in [1.82, 2.24) is 0 Å². The van der Waals surface area contributed by atoms with Gasteiger partial charge in [0.05, 0.1) is 0 Å². The molecule has 1 aromatic rings. The molecule has 0 fully saturated rings. The number of hydrogen-bond donors (Lipinski definition) is 0. The molecular weight excluding hydrogens is 299 g/mol. The van der Waals surface area contributed by atoms with Crippen LogP contribution < -0.4 is 4.46 Å². The number of halogens is 1. The zero-order valence-corrected chi connectivity index (χ0v) is 10.4. The number of alkyl halides is 1. The molecule has 1 atom stereocenters. The molecule has 1 rings (SSSR count). The first kappa shape index (κ1) is 10.8. The maximum absolute atomic E-state index is 11.1. The normalized spacial score (nSPS) is 12.2. The van der Waals surface area contributed by atoms with Crippen molar-refractivity contribution >= 4 is 41.3 Å². The number of methoxy groups -OCH3 is 1. The van der Waals surface area contributed by atoms with Crippen molar-refractivity contribution in [3.63, 3.8) is 0 Å². The van der Waals surface area contributed by atoms with Crippen LogP contribution in [-0.2, 0) is 9.53 Å². The Morgan fingerprint density at radius 2 is 2.08 bits per heavy atom. The van der Waals surface area contributed by atoms with E-state index in [1.165, 1.54) is 11.6 Å². The van der Waals surface area contributed by atoms with Gasteiger partial charge in [-0.05, 0) is 0 Å². The third kappa shape index (κ3) is 3.51. The molecule has 0 aliphatic heterocycles. The van der Waals surface area contributed by atoms with Gasteiger partial charge in [-0.15, -0.1) is 0 Å². The molecule has 0 heterocycles. The fourth-order valence-corrected chi connectivity index (χ4v) is 3.63. The van der Waals surface area contributed by atoms with Crippen molar-refractivity contribution in [1.29, 1.82) is 0 Å². The van der Waals surface area contributed by atoms with Crippen LogP contribution in [0.1, 0.15) is 0 Å². The molecular formula is C9H9BrO2Se. The molecule has 1 unspecified atom stereocenters. The summed E-state index contributed by atoms with van der Waals surface area (Å²) in [5.74, 6) is -0.205. The summed E-state index contributed by atoms with van der Waals surface area (Å²) < 4.78 is 5.61. The Morgan fingerprint density at radius 1 is 1.46 bits per heavy atom. The van der Waals surface area contributed by atoms with Gasteiger partial charge >= 0.3 is 92.0 Å². The van der Waals surface area contributed by atoms with E-state index < -0.39 is 0 Å². The van der Waals surface area contributed by atoms with Crippen molar-refractivity contribution in [2.24, 2.45) is 0 Å². The Kier molecular flexibility index (Phi) is 4.49. The van der Waals surface area contributed by atoms with Crippen molar-refractivity contribution in [3.05, 3.63) is 30.3 Å². The van der Waals surface area contributed by atoms with E-state index in [1.807, 2.05) is 30.3 Å². The van der Waals surface area contributed by atoms with Gasteiger partial charge in [0.15, 0.2) is 0 Å². The first-order valence-corrected chi connectivity index (χ1v) is 6.44. The Hall–Kier alpha value is -0.311. The van der Waals surface area contributed by atoms with E-state index in [1.54, 1.807) is 0 Å². The molecule has 70 valence electrons. The zero-order chi connectivity index (χ0) is 9.68. The van der Waals surface area contributed by atoms with Gasteiger partial charge < -0.3 is 0 Å². The minimum absolute atomic E-state index is 0.0916. The van der Waals surface area contributed by atoms with Crippen molar-refractivity contribution in [2.45, 2.75) is 3.73 Å². The second-order valence-corrected chi connectivity index (χ2v) is 7.02. The standard InChI is InChI=1S/C9H9BrO2Se/c1-12-9(11)8(10)13-7-5-3-2-4-6-7/h2-6,8H,1H3. The maximum atomic E-state index is 11.1. The van der Waals surface area contributed by atoms with E-state index in [2.05, 4.69) is 20.7 Å². The second-order valence-electron chi connectivity index (χ2n) is 2.27. The summed E-state index contributed by atoms with van der Waals surface area (Å²) in [6.45, 7) is 0. The third-order valence-corrected chi connectivity index (χ3v) is 4.69. The Bertz CT molecular complexity index is 276. The fourth-order valence-electron chi connectivity index (χ4n) is 0.759. The van der Waals surface area contributed by atoms with Crippen LogP contribution in [0.5, 0.6) is 0 Å². The Labute approximate surface area is 91.9 Å². The first-order valence-electron chi connectivity index (χ1n) is 3.67. The van der Waals surface area contributed by atoms with Crippen molar-refractivity contribution in [3.8, 4) is 0 Å². The molecule has 0 amide bonds. The summed E-state index contributed by atoms with van der Waals surface area (Å²) in [4.78, 5) is 11.1. The number of ether oxygens (including phenoxy) is 1. The van der Waals surface area contributed by atoms with Gasteiger partial charge in [0.25, 0.3) is 0 Å². The number of hydrogen-bond acceptors (Lipinski definition) is 2. The number of rotatable bonds is 3. The summed E-state index contributed by atoms with van der Waals surface area (Å²) in [5, 5.41) is 0. The van der Waals surface area contributed by atoms with Crippen LogP contribution >= 0.6 is 15.9 Å². The summed E-state index contributed by atoms with van der Waals surface area (Å²) >= 11 is 3.39. The molecule has 0 bridgehead atoms. The molecule has 0 aliphatic rings. The van der Waals surface area contributed by atoms with Crippen LogP contribution in [0, 0.1) is 0 Å². The summed E-state index contributed by atoms with van der Waals surface area (Å²) in [6.07, 6.45) is 0. The molecule has 0 N–H and O–H groups in total. The number of benzene rings is 1. The molecule has 0 saturated carbocycles. The van der Waals surface area contributed by atoms with Crippen molar-refractivity contribution < 1.29 is 9.53 Å². The van der Waals surface area contributed by atoms with Crippen LogP contribution in [0.25, 0.3) is 0 Å². The molecule has 1 aromatic carbocycles. The first-order chi connectivity index (χ1) is 6.24. The van der Waals surface area contributed by atoms with E-state index in [0.717, 1.165) is 0 Å². The third-order valence-electron chi connectivity index (χ3n) is 1.37. The number of carbonyl (C=O) groups excluding carboxylic acids is 1. The van der Waals surface area contributed by atoms with E-state index >= 15 is 0 Å². The van der Waals surface area contributed by atoms with E-state index in [-0.39, 0.29) is 24.7 Å². The SMILES string of the molecule is COC(=O)C(Br)[Se]c1ccccc1. The van der Waals surface area contributed by atoms with E-state index in [9.17, 15) is 4.79 Å².